The van der Waals surface area contributed by atoms with Crippen LogP contribution in [0.4, 0.5) is 0 Å². The molecule has 0 aliphatic rings. The number of hydrogen-bond donors (Lipinski definition) is 1. The molecule has 0 spiro atoms. The lowest BCUT2D eigenvalue weighted by Crippen LogP contribution is -2.41. The summed E-state index contributed by atoms with van der Waals surface area (Å²) >= 11 is 6.22. The Hall–Kier alpha value is -3.71. The second-order valence-corrected chi connectivity index (χ2v) is 7.46. The normalized spacial score (nSPS) is 10.9. The van der Waals surface area contributed by atoms with E-state index in [-0.39, 0.29) is 19.0 Å². The van der Waals surface area contributed by atoms with Gasteiger partial charge in [-0.15, -0.1) is 0 Å². The first kappa shape index (κ1) is 20.6. The summed E-state index contributed by atoms with van der Waals surface area (Å²) in [6, 6.07) is 17.1. The van der Waals surface area contributed by atoms with Crippen LogP contribution in [0.25, 0.3) is 16.6 Å². The number of hydrogen-bond acceptors (Lipinski definition) is 4. The molecule has 0 saturated heterocycles. The van der Waals surface area contributed by atoms with E-state index in [0.717, 1.165) is 10.1 Å². The van der Waals surface area contributed by atoms with Crippen LogP contribution in [0.5, 0.6) is 0 Å². The Morgan fingerprint density at radius 1 is 1.06 bits per heavy atom. The Labute approximate surface area is 182 Å². The number of aryl methyl sites for hydroxylation is 1. The van der Waals surface area contributed by atoms with Gasteiger partial charge in [0.15, 0.2) is 0 Å². The fraction of sp³-hybridized carbons (Fsp3) is 0.130. The lowest BCUT2D eigenvalue weighted by molar-refractivity contribution is -0.121. The van der Waals surface area contributed by atoms with Crippen LogP contribution in [0.3, 0.4) is 0 Å². The van der Waals surface area contributed by atoms with Crippen molar-refractivity contribution in [2.75, 3.05) is 0 Å². The maximum atomic E-state index is 13.3. The molecular formula is C23H19ClN4O3. The van der Waals surface area contributed by atoms with Gasteiger partial charge in [0.25, 0.3) is 5.56 Å². The Morgan fingerprint density at radius 3 is 2.58 bits per heavy atom. The van der Waals surface area contributed by atoms with Gasteiger partial charge in [-0.2, -0.15) is 0 Å². The summed E-state index contributed by atoms with van der Waals surface area (Å²) in [5.74, 6) is -0.370. The molecule has 0 saturated carbocycles. The van der Waals surface area contributed by atoms with Gasteiger partial charge in [-0.25, -0.2) is 9.36 Å². The largest absolute Gasteiger partial charge is 0.349 e. The molecule has 1 amide bonds. The minimum Gasteiger partial charge on any atom is -0.349 e. The van der Waals surface area contributed by atoms with Crippen LogP contribution in [-0.2, 0) is 17.9 Å². The van der Waals surface area contributed by atoms with Crippen molar-refractivity contribution >= 4 is 28.4 Å². The molecule has 2 aromatic carbocycles. The number of halogens is 1. The molecule has 0 atom stereocenters. The van der Waals surface area contributed by atoms with Crippen molar-refractivity contribution in [2.24, 2.45) is 0 Å². The van der Waals surface area contributed by atoms with E-state index in [0.29, 0.717) is 27.3 Å². The molecule has 156 valence electrons. The van der Waals surface area contributed by atoms with E-state index in [1.165, 1.54) is 4.57 Å². The maximum Gasteiger partial charge on any atom is 0.336 e. The zero-order valence-corrected chi connectivity index (χ0v) is 17.5. The van der Waals surface area contributed by atoms with E-state index < -0.39 is 11.2 Å². The van der Waals surface area contributed by atoms with Gasteiger partial charge in [0, 0.05) is 11.2 Å². The third-order valence-electron chi connectivity index (χ3n) is 4.96. The number of amides is 1. The molecular weight excluding hydrogens is 416 g/mol. The summed E-state index contributed by atoms with van der Waals surface area (Å²) in [6.45, 7) is 1.82. The van der Waals surface area contributed by atoms with E-state index in [1.807, 2.05) is 13.0 Å². The number of rotatable bonds is 5. The molecule has 7 nitrogen and oxygen atoms in total. The third kappa shape index (κ3) is 4.13. The average Bonchev–Trinajstić information content (AvgIpc) is 2.78. The second kappa shape index (κ2) is 8.57. The van der Waals surface area contributed by atoms with Gasteiger partial charge in [-0.05, 0) is 48.9 Å². The highest BCUT2D eigenvalue weighted by Gasteiger charge is 2.17. The smallest absolute Gasteiger partial charge is 0.336 e. The second-order valence-electron chi connectivity index (χ2n) is 7.06. The summed E-state index contributed by atoms with van der Waals surface area (Å²) < 4.78 is 2.33. The average molecular weight is 435 g/mol. The fourth-order valence-corrected chi connectivity index (χ4v) is 3.49. The standard InChI is InChI=1S/C23H19ClN4O3/c1-15-9-10-17(12-19(15)24)28-22(30)18-7-2-3-8-20(18)27(23(28)31)14-21(29)26-13-16-6-4-5-11-25-16/h2-12H,13-14H2,1H3,(H,26,29). The van der Waals surface area contributed by atoms with Crippen LogP contribution in [0.1, 0.15) is 11.3 Å². The SMILES string of the molecule is Cc1ccc(-n2c(=O)c3ccccc3n(CC(=O)NCc3ccccn3)c2=O)cc1Cl. The number of nitrogens with zero attached hydrogens (tertiary/aromatic N) is 3. The highest BCUT2D eigenvalue weighted by Crippen LogP contribution is 2.18. The van der Waals surface area contributed by atoms with Crippen LogP contribution < -0.4 is 16.6 Å². The third-order valence-corrected chi connectivity index (χ3v) is 5.37. The van der Waals surface area contributed by atoms with Gasteiger partial charge < -0.3 is 5.32 Å². The molecule has 2 aromatic heterocycles. The number of benzene rings is 2. The van der Waals surface area contributed by atoms with Crippen LogP contribution in [0.15, 0.2) is 76.4 Å². The van der Waals surface area contributed by atoms with Crippen molar-refractivity contribution < 1.29 is 4.79 Å². The molecule has 4 rings (SSSR count). The minimum atomic E-state index is -0.614. The van der Waals surface area contributed by atoms with Crippen molar-refractivity contribution in [3.8, 4) is 5.69 Å². The number of carbonyl (C=O) groups is 1. The summed E-state index contributed by atoms with van der Waals surface area (Å²) in [6.07, 6.45) is 1.64. The molecule has 0 fully saturated rings. The van der Waals surface area contributed by atoms with Gasteiger partial charge in [0.1, 0.15) is 6.54 Å². The van der Waals surface area contributed by atoms with Crippen molar-refractivity contribution in [3.05, 3.63) is 104 Å². The zero-order chi connectivity index (χ0) is 22.0. The van der Waals surface area contributed by atoms with Gasteiger partial charge >= 0.3 is 5.69 Å². The summed E-state index contributed by atoms with van der Waals surface area (Å²) in [5, 5.41) is 3.53. The Bertz CT molecular complexity index is 1390. The molecule has 1 N–H and O–H groups in total. The lowest BCUT2D eigenvalue weighted by Gasteiger charge is -2.14. The molecule has 4 aromatic rings. The van der Waals surface area contributed by atoms with Crippen LogP contribution in [0.2, 0.25) is 5.02 Å². The zero-order valence-electron chi connectivity index (χ0n) is 16.7. The molecule has 0 unspecified atom stereocenters. The van der Waals surface area contributed by atoms with Crippen LogP contribution in [-0.4, -0.2) is 20.0 Å². The van der Waals surface area contributed by atoms with Crippen molar-refractivity contribution in [1.29, 1.82) is 0 Å². The maximum absolute atomic E-state index is 13.3. The predicted molar refractivity (Wildman–Crippen MR) is 120 cm³/mol. The molecule has 0 radical (unpaired) electrons. The molecule has 8 heteroatoms. The number of fused-ring (bicyclic) bond motifs is 1. The van der Waals surface area contributed by atoms with Crippen molar-refractivity contribution in [2.45, 2.75) is 20.0 Å². The molecule has 0 aliphatic carbocycles. The Kier molecular flexibility index (Phi) is 5.68. The van der Waals surface area contributed by atoms with E-state index in [2.05, 4.69) is 10.3 Å². The summed E-state index contributed by atoms with van der Waals surface area (Å²) in [7, 11) is 0. The van der Waals surface area contributed by atoms with Crippen LogP contribution >= 0.6 is 11.6 Å². The van der Waals surface area contributed by atoms with E-state index in [4.69, 9.17) is 11.6 Å². The minimum absolute atomic E-state index is 0.236. The molecule has 0 aliphatic heterocycles. The number of para-hydroxylation sites is 1. The van der Waals surface area contributed by atoms with Gasteiger partial charge in [0.2, 0.25) is 5.91 Å². The summed E-state index contributed by atoms with van der Waals surface area (Å²) in [5.41, 5.74) is 1.18. The van der Waals surface area contributed by atoms with Gasteiger partial charge in [0.05, 0.1) is 28.8 Å². The first-order valence-corrected chi connectivity index (χ1v) is 10.0. The molecule has 31 heavy (non-hydrogen) atoms. The number of carbonyl (C=O) groups excluding carboxylic acids is 1. The highest BCUT2D eigenvalue weighted by atomic mass is 35.5. The number of aromatic nitrogens is 3. The highest BCUT2D eigenvalue weighted by molar-refractivity contribution is 6.31. The Morgan fingerprint density at radius 2 is 1.84 bits per heavy atom. The van der Waals surface area contributed by atoms with E-state index in [9.17, 15) is 14.4 Å². The predicted octanol–water partition coefficient (Wildman–Crippen LogP) is 2.83. The van der Waals surface area contributed by atoms with Gasteiger partial charge in [-0.3, -0.25) is 19.1 Å². The van der Waals surface area contributed by atoms with Crippen molar-refractivity contribution in [1.82, 2.24) is 19.4 Å². The number of nitrogens with one attached hydrogen (secondary N) is 1. The number of pyridine rings is 1. The monoisotopic (exact) mass is 434 g/mol. The lowest BCUT2D eigenvalue weighted by atomic mass is 10.2. The Balaban J connectivity index is 1.77. The van der Waals surface area contributed by atoms with Crippen LogP contribution in [0, 0.1) is 6.92 Å². The van der Waals surface area contributed by atoms with E-state index >= 15 is 0 Å². The summed E-state index contributed by atoms with van der Waals surface area (Å²) in [4.78, 5) is 43.2. The topological polar surface area (TPSA) is 86.0 Å². The first-order chi connectivity index (χ1) is 15.0. The van der Waals surface area contributed by atoms with Crippen molar-refractivity contribution in [3.63, 3.8) is 0 Å². The molecule has 2 heterocycles. The quantitative estimate of drug-likeness (QED) is 0.523. The molecule has 0 bridgehead atoms. The van der Waals surface area contributed by atoms with E-state index in [1.54, 1.807) is 60.8 Å². The van der Waals surface area contributed by atoms with Gasteiger partial charge in [-0.1, -0.05) is 35.9 Å². The fourth-order valence-electron chi connectivity index (χ4n) is 3.31. The first-order valence-electron chi connectivity index (χ1n) is 9.63.